The summed E-state index contributed by atoms with van der Waals surface area (Å²) < 4.78 is 0. The third-order valence-electron chi connectivity index (χ3n) is 0.667. The summed E-state index contributed by atoms with van der Waals surface area (Å²) in [6.45, 7) is 0. The fourth-order valence-corrected chi connectivity index (χ4v) is 0.385. The van der Waals surface area contributed by atoms with Gasteiger partial charge < -0.3 is 24.8 Å². The van der Waals surface area contributed by atoms with Gasteiger partial charge in [0.25, 0.3) is 0 Å². The summed E-state index contributed by atoms with van der Waals surface area (Å²) in [6.07, 6.45) is 0. The van der Waals surface area contributed by atoms with Gasteiger partial charge in [0.05, 0.1) is 0 Å². The fourth-order valence-electron chi connectivity index (χ4n) is 0.385. The Morgan fingerprint density at radius 3 is 0.667 bits per heavy atom. The van der Waals surface area contributed by atoms with Gasteiger partial charge in [0, 0.05) is 0 Å². The van der Waals surface area contributed by atoms with Crippen molar-refractivity contribution in [2.75, 3.05) is 0 Å². The molecule has 0 amide bonds. The maximum absolute atomic E-state index is 2.00. The van der Waals surface area contributed by atoms with Gasteiger partial charge in [-0.25, -0.2) is 0 Å². The van der Waals surface area contributed by atoms with E-state index in [1.54, 1.807) is 0 Å². The molecule has 1 aromatic rings. The van der Waals surface area contributed by atoms with E-state index >= 15 is 0 Å². The summed E-state index contributed by atoms with van der Waals surface area (Å²) in [4.78, 5) is 0. The van der Waals surface area contributed by atoms with Crippen LogP contribution in [0.2, 0.25) is 0 Å². The Hall–Kier alpha value is 1.06. The van der Waals surface area contributed by atoms with Crippen LogP contribution in [0.1, 0.15) is 0 Å². The zero-order valence-electron chi connectivity index (χ0n) is 4.93. The molecule has 0 aliphatic carbocycles. The quantitative estimate of drug-likeness (QED) is 0.360. The molecule has 0 spiro atoms. The largest absolute Gasteiger partial charge is 2.00 e. The molecule has 1 aromatic carbocycles. The Balaban J connectivity index is -0.000000120. The normalized spacial score (nSPS) is 5.33. The van der Waals surface area contributed by atoms with Gasteiger partial charge in [-0.05, 0) is 0 Å². The van der Waals surface area contributed by atoms with Crippen LogP contribution in [0.25, 0.3) is 0 Å². The summed E-state index contributed by atoms with van der Waals surface area (Å²) in [6, 6.07) is 12.0. The molecule has 0 heterocycles. The van der Waals surface area contributed by atoms with Crippen molar-refractivity contribution in [3.8, 4) is 0 Å². The third-order valence-corrected chi connectivity index (χ3v) is 0.667. The molecule has 0 saturated heterocycles. The number of rotatable bonds is 0. The van der Waals surface area contributed by atoms with Gasteiger partial charge in [-0.3, -0.25) is 0 Å². The van der Waals surface area contributed by atoms with Crippen molar-refractivity contribution in [3.63, 3.8) is 0 Å². The Kier molecular flexibility index (Phi) is 21.7. The van der Waals surface area contributed by atoms with Crippen LogP contribution < -0.4 is 24.8 Å². The molecule has 9 heavy (non-hydrogen) atoms. The van der Waals surface area contributed by atoms with E-state index in [1.165, 1.54) is 0 Å². The second kappa shape index (κ2) is 11.8. The van der Waals surface area contributed by atoms with Crippen molar-refractivity contribution < 1.29 is 24.8 Å². The third kappa shape index (κ3) is 9.06. The van der Waals surface area contributed by atoms with E-state index in [1.807, 2.05) is 36.4 Å². The summed E-state index contributed by atoms with van der Waals surface area (Å²) in [7, 11) is 0. The predicted molar refractivity (Wildman–Crippen MR) is 32.2 cm³/mol. The molecule has 0 aromatic heterocycles. The number of hydrogen-bond acceptors (Lipinski definition) is 0. The first-order chi connectivity index (χ1) is 3.00. The van der Waals surface area contributed by atoms with Crippen molar-refractivity contribution in [1.29, 1.82) is 0 Å². The Morgan fingerprint density at radius 1 is 0.444 bits per heavy atom. The van der Waals surface area contributed by atoms with Crippen LogP contribution in [-0.2, 0) is 0 Å². The van der Waals surface area contributed by atoms with Crippen molar-refractivity contribution in [1.82, 2.24) is 0 Å². The Bertz CT molecular complexity index is 83.0. The van der Waals surface area contributed by atoms with E-state index in [0.717, 1.165) is 0 Å². The molecule has 0 unspecified atom stereocenters. The van der Waals surface area contributed by atoms with Gasteiger partial charge in [-0.2, -0.15) is 0 Å². The summed E-state index contributed by atoms with van der Waals surface area (Å²) in [5, 5.41) is 0. The monoisotopic (exact) mass is 188 g/mol. The SMILES string of the molecule is [Ca+2].[Cl-].[Cl-].c1ccccc1. The van der Waals surface area contributed by atoms with Crippen LogP contribution in [0.4, 0.5) is 0 Å². The molecule has 0 saturated carbocycles. The van der Waals surface area contributed by atoms with Crippen molar-refractivity contribution in [2.24, 2.45) is 0 Å². The van der Waals surface area contributed by atoms with Gasteiger partial charge in [0.15, 0.2) is 0 Å². The van der Waals surface area contributed by atoms with E-state index in [4.69, 9.17) is 0 Å². The molecule has 0 fully saturated rings. The Morgan fingerprint density at radius 2 is 0.556 bits per heavy atom. The van der Waals surface area contributed by atoms with Crippen molar-refractivity contribution in [3.05, 3.63) is 36.4 Å². The summed E-state index contributed by atoms with van der Waals surface area (Å²) in [5.41, 5.74) is 0. The number of halogens is 2. The van der Waals surface area contributed by atoms with E-state index in [2.05, 4.69) is 0 Å². The van der Waals surface area contributed by atoms with E-state index < -0.39 is 0 Å². The van der Waals surface area contributed by atoms with E-state index in [9.17, 15) is 0 Å². The van der Waals surface area contributed by atoms with Crippen LogP contribution >= 0.6 is 0 Å². The number of hydrogen-bond donors (Lipinski definition) is 0. The second-order valence-corrected chi connectivity index (χ2v) is 1.15. The molecule has 0 bridgehead atoms. The average molecular weight is 189 g/mol. The van der Waals surface area contributed by atoms with Crippen molar-refractivity contribution >= 4 is 37.7 Å². The van der Waals surface area contributed by atoms with Gasteiger partial charge in [0.2, 0.25) is 0 Å². The van der Waals surface area contributed by atoms with Crippen LogP contribution in [-0.4, -0.2) is 37.7 Å². The first-order valence-electron chi connectivity index (χ1n) is 2.00. The minimum atomic E-state index is 0. The average Bonchev–Trinajstić information content (AvgIpc) is 1.72. The molecule has 0 aliphatic rings. The molecule has 0 N–H and O–H groups in total. The summed E-state index contributed by atoms with van der Waals surface area (Å²) >= 11 is 0. The molecular weight excluding hydrogens is 183 g/mol. The zero-order valence-corrected chi connectivity index (χ0v) is 8.65. The maximum atomic E-state index is 2.00. The number of benzene rings is 1. The predicted octanol–water partition coefficient (Wildman–Crippen LogP) is -4.69. The van der Waals surface area contributed by atoms with E-state index in [-0.39, 0.29) is 62.6 Å². The summed E-state index contributed by atoms with van der Waals surface area (Å²) in [5.74, 6) is 0. The van der Waals surface area contributed by atoms with Crippen LogP contribution in [0.5, 0.6) is 0 Å². The van der Waals surface area contributed by atoms with Gasteiger partial charge in [-0.15, -0.1) is 0 Å². The van der Waals surface area contributed by atoms with Crippen LogP contribution in [0.3, 0.4) is 0 Å². The van der Waals surface area contributed by atoms with Gasteiger partial charge >= 0.3 is 37.7 Å². The zero-order chi connectivity index (χ0) is 4.24. The minimum absolute atomic E-state index is 0. The van der Waals surface area contributed by atoms with Crippen LogP contribution in [0, 0.1) is 0 Å². The molecule has 1 rings (SSSR count). The molecule has 0 atom stereocenters. The van der Waals surface area contributed by atoms with Gasteiger partial charge in [0.1, 0.15) is 0 Å². The molecule has 0 radical (unpaired) electrons. The van der Waals surface area contributed by atoms with Gasteiger partial charge in [-0.1, -0.05) is 36.4 Å². The van der Waals surface area contributed by atoms with Crippen molar-refractivity contribution in [2.45, 2.75) is 0 Å². The second-order valence-electron chi connectivity index (χ2n) is 1.15. The molecular formula is C6H6CaCl2. The molecule has 0 aliphatic heterocycles. The smallest absolute Gasteiger partial charge is 1.00 e. The molecule has 0 nitrogen and oxygen atoms in total. The minimum Gasteiger partial charge on any atom is -1.00 e. The first kappa shape index (κ1) is 16.6. The van der Waals surface area contributed by atoms with Crippen LogP contribution in [0.15, 0.2) is 36.4 Å². The molecule has 46 valence electrons. The first-order valence-corrected chi connectivity index (χ1v) is 2.00. The fraction of sp³-hybridized carbons (Fsp3) is 0. The molecule has 3 heteroatoms. The standard InChI is InChI=1S/C6H6.Ca.2ClH/c1-2-4-6-5-3-1;;;/h1-6H;;2*1H/q;+2;;/p-2. The maximum Gasteiger partial charge on any atom is 2.00 e. The van der Waals surface area contributed by atoms with E-state index in [0.29, 0.717) is 0 Å². The Labute approximate surface area is 97.9 Å². The topological polar surface area (TPSA) is 0 Å².